The van der Waals surface area contributed by atoms with Gasteiger partial charge in [-0.25, -0.2) is 0 Å². The van der Waals surface area contributed by atoms with Crippen molar-refractivity contribution in [3.05, 3.63) is 27.8 Å². The second-order valence-corrected chi connectivity index (χ2v) is 5.36. The predicted molar refractivity (Wildman–Crippen MR) is 65.4 cm³/mol. The Morgan fingerprint density at radius 3 is 2.81 bits per heavy atom. The molecular weight excluding hydrogens is 242 g/mol. The van der Waals surface area contributed by atoms with E-state index in [1.807, 2.05) is 11.3 Å². The SMILES string of the molecule is CCc1ccc(CSc2nnc(CN)o2)s1. The van der Waals surface area contributed by atoms with E-state index >= 15 is 0 Å². The minimum Gasteiger partial charge on any atom is -0.415 e. The molecule has 0 bridgehead atoms. The third-order valence-electron chi connectivity index (χ3n) is 2.03. The van der Waals surface area contributed by atoms with Crippen molar-refractivity contribution in [1.82, 2.24) is 10.2 Å². The fourth-order valence-electron chi connectivity index (χ4n) is 1.20. The van der Waals surface area contributed by atoms with Crippen molar-refractivity contribution >= 4 is 23.1 Å². The van der Waals surface area contributed by atoms with Crippen LogP contribution in [0.5, 0.6) is 0 Å². The molecule has 0 saturated heterocycles. The van der Waals surface area contributed by atoms with E-state index < -0.39 is 0 Å². The van der Waals surface area contributed by atoms with E-state index in [0.717, 1.165) is 12.2 Å². The summed E-state index contributed by atoms with van der Waals surface area (Å²) in [5.74, 6) is 1.36. The van der Waals surface area contributed by atoms with Gasteiger partial charge in [-0.15, -0.1) is 21.5 Å². The van der Waals surface area contributed by atoms with Gasteiger partial charge in [0, 0.05) is 15.5 Å². The van der Waals surface area contributed by atoms with E-state index in [2.05, 4.69) is 29.3 Å². The Kier molecular flexibility index (Phi) is 3.98. The molecule has 2 aromatic rings. The molecule has 0 radical (unpaired) electrons. The zero-order chi connectivity index (χ0) is 11.4. The minimum atomic E-state index is 0.298. The molecule has 2 heterocycles. The normalized spacial score (nSPS) is 10.9. The van der Waals surface area contributed by atoms with Crippen molar-refractivity contribution < 1.29 is 4.42 Å². The van der Waals surface area contributed by atoms with Crippen LogP contribution in [0.15, 0.2) is 21.8 Å². The number of aromatic nitrogens is 2. The van der Waals surface area contributed by atoms with E-state index in [1.54, 1.807) is 11.8 Å². The molecule has 2 aromatic heterocycles. The largest absolute Gasteiger partial charge is 0.415 e. The van der Waals surface area contributed by atoms with Gasteiger partial charge in [-0.3, -0.25) is 0 Å². The van der Waals surface area contributed by atoms with E-state index in [4.69, 9.17) is 10.2 Å². The van der Waals surface area contributed by atoms with Crippen molar-refractivity contribution in [3.8, 4) is 0 Å². The molecule has 86 valence electrons. The molecule has 0 aliphatic rings. The zero-order valence-corrected chi connectivity index (χ0v) is 10.6. The van der Waals surface area contributed by atoms with Gasteiger partial charge in [-0.1, -0.05) is 18.7 Å². The Labute approximate surface area is 102 Å². The van der Waals surface area contributed by atoms with Crippen molar-refractivity contribution in [2.45, 2.75) is 30.9 Å². The molecule has 0 aliphatic heterocycles. The van der Waals surface area contributed by atoms with E-state index in [9.17, 15) is 0 Å². The fourth-order valence-corrected chi connectivity index (χ4v) is 2.98. The van der Waals surface area contributed by atoms with Gasteiger partial charge in [0.25, 0.3) is 5.22 Å². The standard InChI is InChI=1S/C10H13N3OS2/c1-2-7-3-4-8(16-7)6-15-10-13-12-9(5-11)14-10/h3-4H,2,5-6,11H2,1H3. The van der Waals surface area contributed by atoms with Gasteiger partial charge >= 0.3 is 0 Å². The first-order valence-corrected chi connectivity index (χ1v) is 6.85. The summed E-state index contributed by atoms with van der Waals surface area (Å²) in [6.07, 6.45) is 1.09. The van der Waals surface area contributed by atoms with Gasteiger partial charge in [-0.05, 0) is 18.6 Å². The van der Waals surface area contributed by atoms with Crippen LogP contribution in [0.3, 0.4) is 0 Å². The lowest BCUT2D eigenvalue weighted by molar-refractivity contribution is 0.415. The number of nitrogens with two attached hydrogens (primary N) is 1. The van der Waals surface area contributed by atoms with Gasteiger partial charge in [0.2, 0.25) is 5.89 Å². The Morgan fingerprint density at radius 2 is 2.19 bits per heavy atom. The van der Waals surface area contributed by atoms with Crippen LogP contribution in [0, 0.1) is 0 Å². The fraction of sp³-hybridized carbons (Fsp3) is 0.400. The van der Waals surface area contributed by atoms with Crippen LogP contribution in [0.1, 0.15) is 22.6 Å². The summed E-state index contributed by atoms with van der Waals surface area (Å²) >= 11 is 3.38. The second kappa shape index (κ2) is 5.47. The molecule has 2 rings (SSSR count). The lowest BCUT2D eigenvalue weighted by Gasteiger charge is -1.92. The number of thiophene rings is 1. The highest BCUT2D eigenvalue weighted by Gasteiger charge is 2.06. The minimum absolute atomic E-state index is 0.298. The molecule has 0 amide bonds. The first-order valence-electron chi connectivity index (χ1n) is 5.04. The summed E-state index contributed by atoms with van der Waals surface area (Å²) in [6, 6.07) is 4.32. The Bertz CT molecular complexity index is 410. The highest BCUT2D eigenvalue weighted by atomic mass is 32.2. The third-order valence-corrected chi connectivity index (χ3v) is 4.31. The van der Waals surface area contributed by atoms with Crippen molar-refractivity contribution in [1.29, 1.82) is 0 Å². The van der Waals surface area contributed by atoms with Gasteiger partial charge in [0.1, 0.15) is 0 Å². The molecule has 2 N–H and O–H groups in total. The smallest absolute Gasteiger partial charge is 0.276 e. The highest BCUT2D eigenvalue weighted by molar-refractivity contribution is 7.98. The number of hydrogen-bond donors (Lipinski definition) is 1. The second-order valence-electron chi connectivity index (χ2n) is 3.18. The number of hydrogen-bond acceptors (Lipinski definition) is 6. The number of aryl methyl sites for hydroxylation is 1. The number of thioether (sulfide) groups is 1. The lowest BCUT2D eigenvalue weighted by atomic mass is 10.4. The van der Waals surface area contributed by atoms with E-state index in [-0.39, 0.29) is 0 Å². The zero-order valence-electron chi connectivity index (χ0n) is 8.97. The average Bonchev–Trinajstić information content (AvgIpc) is 2.95. The van der Waals surface area contributed by atoms with Crippen molar-refractivity contribution in [2.24, 2.45) is 5.73 Å². The van der Waals surface area contributed by atoms with Crippen LogP contribution in [-0.2, 0) is 18.7 Å². The van der Waals surface area contributed by atoms with Crippen LogP contribution in [-0.4, -0.2) is 10.2 Å². The van der Waals surface area contributed by atoms with Crippen LogP contribution in [0.4, 0.5) is 0 Å². The first kappa shape index (κ1) is 11.6. The Hall–Kier alpha value is -0.850. The van der Waals surface area contributed by atoms with Crippen LogP contribution >= 0.6 is 23.1 Å². The molecule has 6 heteroatoms. The monoisotopic (exact) mass is 255 g/mol. The van der Waals surface area contributed by atoms with Gasteiger partial charge in [0.15, 0.2) is 0 Å². The predicted octanol–water partition coefficient (Wildman–Crippen LogP) is 2.44. The third kappa shape index (κ3) is 2.84. The van der Waals surface area contributed by atoms with E-state index in [1.165, 1.54) is 9.75 Å². The summed E-state index contributed by atoms with van der Waals surface area (Å²) in [7, 11) is 0. The maximum atomic E-state index is 5.39. The summed E-state index contributed by atoms with van der Waals surface area (Å²) in [4.78, 5) is 2.73. The van der Waals surface area contributed by atoms with Crippen LogP contribution in [0.2, 0.25) is 0 Å². The van der Waals surface area contributed by atoms with Gasteiger partial charge in [0.05, 0.1) is 6.54 Å². The topological polar surface area (TPSA) is 64.9 Å². The van der Waals surface area contributed by atoms with Crippen molar-refractivity contribution in [2.75, 3.05) is 0 Å². The van der Waals surface area contributed by atoms with Crippen LogP contribution < -0.4 is 5.73 Å². The molecule has 0 fully saturated rings. The van der Waals surface area contributed by atoms with Gasteiger partial charge < -0.3 is 10.2 Å². The first-order chi connectivity index (χ1) is 7.81. The van der Waals surface area contributed by atoms with Gasteiger partial charge in [-0.2, -0.15) is 0 Å². The summed E-state index contributed by atoms with van der Waals surface area (Å²) < 4.78 is 5.31. The molecule has 16 heavy (non-hydrogen) atoms. The molecular formula is C10H13N3OS2. The van der Waals surface area contributed by atoms with Crippen molar-refractivity contribution in [3.63, 3.8) is 0 Å². The average molecular weight is 255 g/mol. The molecule has 0 aliphatic carbocycles. The number of nitrogens with zero attached hydrogens (tertiary/aromatic N) is 2. The maximum Gasteiger partial charge on any atom is 0.276 e. The highest BCUT2D eigenvalue weighted by Crippen LogP contribution is 2.26. The molecule has 0 spiro atoms. The quantitative estimate of drug-likeness (QED) is 0.831. The lowest BCUT2D eigenvalue weighted by Crippen LogP contribution is -1.95. The maximum absolute atomic E-state index is 5.39. The molecule has 4 nitrogen and oxygen atoms in total. The van der Waals surface area contributed by atoms with Crippen LogP contribution in [0.25, 0.3) is 0 Å². The molecule has 0 atom stereocenters. The summed E-state index contributed by atoms with van der Waals surface area (Å²) in [5, 5.41) is 8.30. The summed E-state index contributed by atoms with van der Waals surface area (Å²) in [5.41, 5.74) is 5.39. The Morgan fingerprint density at radius 1 is 1.38 bits per heavy atom. The summed E-state index contributed by atoms with van der Waals surface area (Å²) in [6.45, 7) is 2.46. The molecule has 0 aromatic carbocycles. The molecule has 0 unspecified atom stereocenters. The molecule has 0 saturated carbocycles. The van der Waals surface area contributed by atoms with E-state index in [0.29, 0.717) is 17.7 Å². The number of rotatable bonds is 5. The Balaban J connectivity index is 1.91.